The average Bonchev–Trinajstić information content (AvgIpc) is 2.37. The van der Waals surface area contributed by atoms with E-state index in [9.17, 15) is 9.59 Å². The first-order chi connectivity index (χ1) is 8.65. The Labute approximate surface area is 106 Å². The van der Waals surface area contributed by atoms with E-state index < -0.39 is 6.09 Å². The Bertz CT molecular complexity index is 400. The Balaban J connectivity index is 2.47. The topological polar surface area (TPSA) is 64.6 Å². The molecule has 0 heterocycles. The van der Waals surface area contributed by atoms with Gasteiger partial charge in [-0.1, -0.05) is 19.1 Å². The normalized spacial score (nSPS) is 9.67. The molecular weight excluding hydrogens is 234 g/mol. The third-order valence-corrected chi connectivity index (χ3v) is 2.16. The molecule has 0 aliphatic rings. The quantitative estimate of drug-likeness (QED) is 0.817. The van der Waals surface area contributed by atoms with Crippen molar-refractivity contribution in [3.8, 4) is 0 Å². The summed E-state index contributed by atoms with van der Waals surface area (Å²) in [5.41, 5.74) is 1.50. The molecule has 5 heteroatoms. The molecule has 1 amide bonds. The van der Waals surface area contributed by atoms with E-state index in [1.54, 1.807) is 38.1 Å². The summed E-state index contributed by atoms with van der Waals surface area (Å²) in [6.07, 6.45) is -0.120. The second-order valence-corrected chi connectivity index (χ2v) is 3.56. The molecule has 0 atom stereocenters. The van der Waals surface area contributed by atoms with Crippen LogP contribution in [0.25, 0.3) is 0 Å². The van der Waals surface area contributed by atoms with Crippen LogP contribution in [0.5, 0.6) is 0 Å². The van der Waals surface area contributed by atoms with Gasteiger partial charge in [-0.05, 0) is 24.6 Å². The molecule has 0 spiro atoms. The first kappa shape index (κ1) is 14.0. The molecule has 0 aliphatic heterocycles. The predicted molar refractivity (Wildman–Crippen MR) is 67.2 cm³/mol. The molecule has 1 N–H and O–H groups in total. The van der Waals surface area contributed by atoms with Crippen molar-refractivity contribution in [1.29, 1.82) is 0 Å². The maximum Gasteiger partial charge on any atom is 0.411 e. The minimum atomic E-state index is -0.484. The first-order valence-corrected chi connectivity index (χ1v) is 5.84. The lowest BCUT2D eigenvalue weighted by atomic mass is 10.2. The van der Waals surface area contributed by atoms with Gasteiger partial charge >= 0.3 is 12.1 Å². The SMILES string of the molecule is CCOC(=O)Nc1ccc(COC(=O)CC)cc1. The number of nitrogens with one attached hydrogen (secondary N) is 1. The van der Waals surface area contributed by atoms with E-state index in [0.717, 1.165) is 5.56 Å². The van der Waals surface area contributed by atoms with Gasteiger partial charge in [0.1, 0.15) is 6.61 Å². The van der Waals surface area contributed by atoms with E-state index in [4.69, 9.17) is 9.47 Å². The Morgan fingerprint density at radius 1 is 1.11 bits per heavy atom. The monoisotopic (exact) mass is 251 g/mol. The molecule has 1 aromatic rings. The largest absolute Gasteiger partial charge is 0.461 e. The number of anilines is 1. The highest BCUT2D eigenvalue weighted by Crippen LogP contribution is 2.11. The Morgan fingerprint density at radius 3 is 2.33 bits per heavy atom. The second-order valence-electron chi connectivity index (χ2n) is 3.56. The van der Waals surface area contributed by atoms with Gasteiger partial charge in [-0.25, -0.2) is 4.79 Å². The van der Waals surface area contributed by atoms with Crippen LogP contribution in [0.1, 0.15) is 25.8 Å². The number of hydrogen-bond acceptors (Lipinski definition) is 4. The number of amides is 1. The van der Waals surface area contributed by atoms with Crippen molar-refractivity contribution in [1.82, 2.24) is 0 Å². The van der Waals surface area contributed by atoms with Crippen molar-refractivity contribution >= 4 is 17.7 Å². The third kappa shape index (κ3) is 4.86. The summed E-state index contributed by atoms with van der Waals surface area (Å²) in [5, 5.41) is 2.58. The van der Waals surface area contributed by atoms with Gasteiger partial charge in [0.15, 0.2) is 0 Å². The summed E-state index contributed by atoms with van der Waals surface area (Å²) in [7, 11) is 0. The molecule has 0 aromatic heterocycles. The molecule has 1 aromatic carbocycles. The molecule has 0 saturated heterocycles. The Morgan fingerprint density at radius 2 is 1.78 bits per heavy atom. The van der Waals surface area contributed by atoms with Crippen LogP contribution < -0.4 is 5.32 Å². The molecule has 5 nitrogen and oxygen atoms in total. The van der Waals surface area contributed by atoms with Gasteiger partial charge < -0.3 is 9.47 Å². The predicted octanol–water partition coefficient (Wildman–Crippen LogP) is 2.71. The summed E-state index contributed by atoms with van der Waals surface area (Å²) in [5.74, 6) is -0.233. The lowest BCUT2D eigenvalue weighted by Crippen LogP contribution is -2.13. The fraction of sp³-hybridized carbons (Fsp3) is 0.385. The van der Waals surface area contributed by atoms with E-state index in [0.29, 0.717) is 18.7 Å². The minimum Gasteiger partial charge on any atom is -0.461 e. The fourth-order valence-corrected chi connectivity index (χ4v) is 1.24. The number of rotatable bonds is 5. The highest BCUT2D eigenvalue weighted by atomic mass is 16.5. The molecule has 98 valence electrons. The van der Waals surface area contributed by atoms with Crippen molar-refractivity contribution in [2.24, 2.45) is 0 Å². The van der Waals surface area contributed by atoms with Gasteiger partial charge in [0.05, 0.1) is 6.61 Å². The van der Waals surface area contributed by atoms with Crippen LogP contribution in [0.4, 0.5) is 10.5 Å². The van der Waals surface area contributed by atoms with Gasteiger partial charge in [-0.2, -0.15) is 0 Å². The van der Waals surface area contributed by atoms with Crippen LogP contribution in [0, 0.1) is 0 Å². The number of benzene rings is 1. The third-order valence-electron chi connectivity index (χ3n) is 2.16. The van der Waals surface area contributed by atoms with E-state index in [-0.39, 0.29) is 12.6 Å². The van der Waals surface area contributed by atoms with Gasteiger partial charge in [0, 0.05) is 12.1 Å². The molecule has 0 fully saturated rings. The lowest BCUT2D eigenvalue weighted by molar-refractivity contribution is -0.144. The second kappa shape index (κ2) is 7.32. The van der Waals surface area contributed by atoms with Gasteiger partial charge in [-0.3, -0.25) is 10.1 Å². The van der Waals surface area contributed by atoms with Gasteiger partial charge in [0.25, 0.3) is 0 Å². The van der Waals surface area contributed by atoms with Crippen molar-refractivity contribution in [2.45, 2.75) is 26.9 Å². The molecule has 1 rings (SSSR count). The molecule has 0 saturated carbocycles. The zero-order chi connectivity index (χ0) is 13.4. The maximum absolute atomic E-state index is 11.1. The number of carbonyl (C=O) groups is 2. The first-order valence-electron chi connectivity index (χ1n) is 5.84. The van der Waals surface area contributed by atoms with Crippen molar-refractivity contribution in [3.05, 3.63) is 29.8 Å². The summed E-state index contributed by atoms with van der Waals surface area (Å²) in [6.45, 7) is 4.06. The summed E-state index contributed by atoms with van der Waals surface area (Å²) >= 11 is 0. The highest BCUT2D eigenvalue weighted by Gasteiger charge is 2.03. The van der Waals surface area contributed by atoms with Crippen LogP contribution in [-0.4, -0.2) is 18.7 Å². The van der Waals surface area contributed by atoms with Crippen molar-refractivity contribution in [3.63, 3.8) is 0 Å². The molecule has 0 aliphatic carbocycles. The smallest absolute Gasteiger partial charge is 0.411 e. The lowest BCUT2D eigenvalue weighted by Gasteiger charge is -2.07. The zero-order valence-corrected chi connectivity index (χ0v) is 10.6. The average molecular weight is 251 g/mol. The molecule has 0 bridgehead atoms. The Hall–Kier alpha value is -2.04. The van der Waals surface area contributed by atoms with Gasteiger partial charge in [0.2, 0.25) is 0 Å². The van der Waals surface area contributed by atoms with Crippen LogP contribution in [0.2, 0.25) is 0 Å². The zero-order valence-electron chi connectivity index (χ0n) is 10.6. The number of hydrogen-bond donors (Lipinski definition) is 1. The summed E-state index contributed by atoms with van der Waals surface area (Å²) in [6, 6.07) is 7.02. The number of carbonyl (C=O) groups excluding carboxylic acids is 2. The highest BCUT2D eigenvalue weighted by molar-refractivity contribution is 5.84. The van der Waals surface area contributed by atoms with Crippen LogP contribution in [0.15, 0.2) is 24.3 Å². The van der Waals surface area contributed by atoms with Crippen LogP contribution in [0.3, 0.4) is 0 Å². The van der Waals surface area contributed by atoms with Crippen LogP contribution in [-0.2, 0) is 20.9 Å². The van der Waals surface area contributed by atoms with Crippen molar-refractivity contribution < 1.29 is 19.1 Å². The summed E-state index contributed by atoms with van der Waals surface area (Å²) < 4.78 is 9.74. The molecular formula is C13H17NO4. The minimum absolute atomic E-state index is 0.233. The number of ether oxygens (including phenoxy) is 2. The molecule has 0 unspecified atom stereocenters. The Kier molecular flexibility index (Phi) is 5.70. The van der Waals surface area contributed by atoms with E-state index >= 15 is 0 Å². The number of esters is 1. The maximum atomic E-state index is 11.1. The van der Waals surface area contributed by atoms with Crippen molar-refractivity contribution in [2.75, 3.05) is 11.9 Å². The fourth-order valence-electron chi connectivity index (χ4n) is 1.24. The van der Waals surface area contributed by atoms with Gasteiger partial charge in [-0.15, -0.1) is 0 Å². The molecule has 18 heavy (non-hydrogen) atoms. The molecule has 0 radical (unpaired) electrons. The van der Waals surface area contributed by atoms with E-state index in [1.807, 2.05) is 0 Å². The van der Waals surface area contributed by atoms with E-state index in [2.05, 4.69) is 5.32 Å². The standard InChI is InChI=1S/C13H17NO4/c1-3-12(15)18-9-10-5-7-11(8-6-10)14-13(16)17-4-2/h5-8H,3-4,9H2,1-2H3,(H,14,16). The summed E-state index contributed by atoms with van der Waals surface area (Å²) in [4.78, 5) is 22.1. The van der Waals surface area contributed by atoms with Crippen LogP contribution >= 0.6 is 0 Å². The van der Waals surface area contributed by atoms with E-state index in [1.165, 1.54) is 0 Å².